The van der Waals surface area contributed by atoms with Crippen LogP contribution in [0.5, 0.6) is 0 Å². The zero-order chi connectivity index (χ0) is 87.2. The predicted octanol–water partition coefficient (Wildman–Crippen LogP) is 31.2. The molecule has 0 amide bonds. The van der Waals surface area contributed by atoms with Crippen molar-refractivity contribution in [1.29, 1.82) is 0 Å². The normalized spacial score (nSPS) is 10.9. The van der Waals surface area contributed by atoms with Crippen LogP contribution in [0.2, 0.25) is 0 Å². The average molecular weight is 1630 g/mol. The Kier molecular flexibility index (Phi) is 26.0. The van der Waals surface area contributed by atoms with Crippen LogP contribution in [0.1, 0.15) is 66.8 Å². The van der Waals surface area contributed by atoms with Crippen molar-refractivity contribution in [3.63, 3.8) is 0 Å². The molecule has 126 heavy (non-hydrogen) atoms. The number of aryl methyl sites for hydroxylation is 12. The van der Waals surface area contributed by atoms with Gasteiger partial charge in [0.15, 0.2) is 0 Å². The van der Waals surface area contributed by atoms with Crippen LogP contribution in [0.4, 0.5) is 0 Å². The van der Waals surface area contributed by atoms with Crippen LogP contribution in [0.15, 0.2) is 395 Å². The first-order chi connectivity index (χ1) is 61.3. The van der Waals surface area contributed by atoms with Gasteiger partial charge in [-0.05, 0) is 281 Å². The SMILES string of the molecule is Cc1ccc(-c2cc(-c3ccccc3)cc(-c3cc(-c4ccccc4)cc(-c4ccc(C)cc4)n3)n2)cc1.Cc1ccc(-c2ccc(C)cn2)nc1.Cc1ccc(C)c(-c2cccc(-c3cc(-c4cccc(-c5cc(C)ccc5C)c4)nc(-c4cccc(-c5cc(C)ccc5C)c4)c3)c2)c1.Cc1cccc(-c2cccc(-c3cccc(-c4cccc(C)c4)n3)n2)c1. The monoisotopic (exact) mass is 1630 g/mol. The summed E-state index contributed by atoms with van der Waals surface area (Å²) in [6.45, 7) is 25.5. The lowest BCUT2D eigenvalue weighted by Gasteiger charge is -2.14. The van der Waals surface area contributed by atoms with Gasteiger partial charge in [0.1, 0.15) is 0 Å². The Hall–Kier alpha value is -15.3. The van der Waals surface area contributed by atoms with Gasteiger partial charge in [-0.1, -0.05) is 318 Å². The van der Waals surface area contributed by atoms with Crippen LogP contribution in [-0.2, 0) is 0 Å². The highest BCUT2D eigenvalue weighted by Crippen LogP contribution is 2.40. The average Bonchev–Trinajstić information content (AvgIpc) is 0.785. The molecule has 7 heterocycles. The molecule has 0 fully saturated rings. The molecule has 12 aromatic carbocycles. The van der Waals surface area contributed by atoms with E-state index in [0.29, 0.717) is 0 Å². The molecule has 0 saturated heterocycles. The number of nitrogens with zero attached hydrogens (tertiary/aromatic N) is 7. The van der Waals surface area contributed by atoms with E-state index in [4.69, 9.17) is 24.9 Å². The topological polar surface area (TPSA) is 90.2 Å². The van der Waals surface area contributed by atoms with Crippen LogP contribution < -0.4 is 0 Å². The fraction of sp³-hybridized carbons (Fsp3) is 0.101. The van der Waals surface area contributed by atoms with Crippen LogP contribution in [0.25, 0.3) is 168 Å². The van der Waals surface area contributed by atoms with Gasteiger partial charge in [0.2, 0.25) is 0 Å². The summed E-state index contributed by atoms with van der Waals surface area (Å²) in [6.07, 6.45) is 3.72. The molecule has 19 rings (SSSR count). The second kappa shape index (κ2) is 38.8. The Morgan fingerprint density at radius 3 is 0.754 bits per heavy atom. The number of benzene rings is 12. The Morgan fingerprint density at radius 2 is 0.389 bits per heavy atom. The molecule has 0 N–H and O–H groups in total. The number of pyridine rings is 7. The minimum atomic E-state index is 0.855. The highest BCUT2D eigenvalue weighted by molar-refractivity contribution is 5.85. The van der Waals surface area contributed by atoms with Gasteiger partial charge in [-0.3, -0.25) is 9.97 Å². The molecule has 0 aliphatic heterocycles. The van der Waals surface area contributed by atoms with Gasteiger partial charge in [0.05, 0.1) is 68.3 Å². The predicted molar refractivity (Wildman–Crippen MR) is 529 cm³/mol. The molecule has 0 atom stereocenters. The van der Waals surface area contributed by atoms with Crippen molar-refractivity contribution in [3.05, 3.63) is 461 Å². The lowest BCUT2D eigenvalue weighted by atomic mass is 9.93. The molecule has 7 nitrogen and oxygen atoms in total. The van der Waals surface area contributed by atoms with Gasteiger partial charge in [0, 0.05) is 45.8 Å². The molecule has 7 heteroatoms. The molecule has 0 unspecified atom stereocenters. The van der Waals surface area contributed by atoms with E-state index in [1.807, 2.05) is 99.0 Å². The van der Waals surface area contributed by atoms with E-state index in [-0.39, 0.29) is 0 Å². The molecule has 7 aromatic heterocycles. The first-order valence-corrected chi connectivity index (χ1v) is 43.1. The summed E-state index contributed by atoms with van der Waals surface area (Å²) in [4.78, 5) is 34.0. The molecular formula is C119H101N7. The van der Waals surface area contributed by atoms with E-state index >= 15 is 0 Å². The summed E-state index contributed by atoms with van der Waals surface area (Å²) in [5.74, 6) is 0. The van der Waals surface area contributed by atoms with Crippen molar-refractivity contribution in [2.45, 2.75) is 83.1 Å². The van der Waals surface area contributed by atoms with Crippen molar-refractivity contribution in [2.24, 2.45) is 0 Å². The van der Waals surface area contributed by atoms with E-state index in [2.05, 4.69) is 389 Å². The molecular weight excluding hydrogens is 1530 g/mol. The summed E-state index contributed by atoms with van der Waals surface area (Å²) in [5, 5.41) is 0. The van der Waals surface area contributed by atoms with Crippen LogP contribution in [0, 0.1) is 83.1 Å². The van der Waals surface area contributed by atoms with Gasteiger partial charge in [-0.25, -0.2) is 24.9 Å². The van der Waals surface area contributed by atoms with Crippen LogP contribution in [0.3, 0.4) is 0 Å². The molecule has 0 saturated carbocycles. The van der Waals surface area contributed by atoms with Crippen molar-refractivity contribution >= 4 is 0 Å². The molecule has 0 aliphatic carbocycles. The zero-order valence-electron chi connectivity index (χ0n) is 73.7. The lowest BCUT2D eigenvalue weighted by Crippen LogP contribution is -1.96. The first kappa shape index (κ1) is 84.3. The number of hydrogen-bond donors (Lipinski definition) is 0. The van der Waals surface area contributed by atoms with Gasteiger partial charge in [-0.15, -0.1) is 0 Å². The number of hydrogen-bond acceptors (Lipinski definition) is 7. The minimum absolute atomic E-state index is 0.855. The van der Waals surface area contributed by atoms with Gasteiger partial charge < -0.3 is 0 Å². The fourth-order valence-corrected chi connectivity index (χ4v) is 15.7. The summed E-state index contributed by atoms with van der Waals surface area (Å²) in [6, 6.07) is 135. The Balaban J connectivity index is 0.000000133. The molecule has 0 aliphatic rings. The second-order valence-electron chi connectivity index (χ2n) is 33.0. The largest absolute Gasteiger partial charge is 0.254 e. The third-order valence-electron chi connectivity index (χ3n) is 22.7. The number of rotatable bonds is 15. The van der Waals surface area contributed by atoms with Crippen molar-refractivity contribution in [2.75, 3.05) is 0 Å². The first-order valence-electron chi connectivity index (χ1n) is 43.1. The van der Waals surface area contributed by atoms with Crippen LogP contribution >= 0.6 is 0 Å². The quantitative estimate of drug-likeness (QED) is 0.101. The van der Waals surface area contributed by atoms with Crippen LogP contribution in [-0.4, -0.2) is 34.9 Å². The zero-order valence-corrected chi connectivity index (χ0v) is 73.7. The van der Waals surface area contributed by atoms with Gasteiger partial charge in [0.25, 0.3) is 0 Å². The van der Waals surface area contributed by atoms with Gasteiger partial charge >= 0.3 is 0 Å². The summed E-state index contributed by atoms with van der Waals surface area (Å²) >= 11 is 0. The second-order valence-corrected chi connectivity index (χ2v) is 33.0. The molecule has 0 bridgehead atoms. The Labute approximate surface area is 742 Å². The summed E-state index contributed by atoms with van der Waals surface area (Å²) < 4.78 is 0. The molecule has 19 aromatic rings. The fourth-order valence-electron chi connectivity index (χ4n) is 15.7. The summed E-state index contributed by atoms with van der Waals surface area (Å²) in [5.41, 5.74) is 46.9. The molecule has 0 radical (unpaired) electrons. The van der Waals surface area contributed by atoms with E-state index in [9.17, 15) is 0 Å². The maximum Gasteiger partial charge on any atom is 0.0900 e. The standard InChI is InChI=1S/C47H41N.C36H28N2.C24H20N2.C12H12N2/c1-30-16-19-33(4)43(22-30)37-11-7-10-36(25-37)42-28-46(40-14-8-12-38(26-40)44-23-31(2)17-20-34(44)5)48-47(29-42)41-15-9-13-39(27-41)45-24-32(3)18-21-35(45)6;1-25-13-17-29(18-14-25)33-21-31(27-9-5-3-6-10-27)23-35(37-33)36-24-32(28-11-7-4-8-12-28)22-34(38-36)30-19-15-26(2)16-20-30;1-17-7-3-9-19(15-17)21-11-5-13-23(25-21)24-14-6-12-22(26-24)20-10-4-8-18(2)16-20;1-9-3-5-11(13-7-9)12-6-4-10(2)8-14-12/h7-29H,1-6H3;3-24H,1-2H3;3-16H,1-2H3;3-8H,1-2H3. The third-order valence-corrected chi connectivity index (χ3v) is 22.7. The maximum absolute atomic E-state index is 5.36. The maximum atomic E-state index is 5.36. The minimum Gasteiger partial charge on any atom is -0.254 e. The Morgan fingerprint density at radius 1 is 0.127 bits per heavy atom. The highest BCUT2D eigenvalue weighted by Gasteiger charge is 2.18. The third kappa shape index (κ3) is 20.9. The molecule has 612 valence electrons. The van der Waals surface area contributed by atoms with Crippen molar-refractivity contribution < 1.29 is 0 Å². The highest BCUT2D eigenvalue weighted by atomic mass is 14.8. The van der Waals surface area contributed by atoms with E-state index in [1.165, 1.54) is 106 Å². The van der Waals surface area contributed by atoms with E-state index < -0.39 is 0 Å². The molecule has 0 spiro atoms. The summed E-state index contributed by atoms with van der Waals surface area (Å²) in [7, 11) is 0. The van der Waals surface area contributed by atoms with E-state index in [1.54, 1.807) is 0 Å². The smallest absolute Gasteiger partial charge is 0.0900 e. The van der Waals surface area contributed by atoms with Crippen molar-refractivity contribution in [1.82, 2.24) is 34.9 Å². The van der Waals surface area contributed by atoms with Gasteiger partial charge in [-0.2, -0.15) is 0 Å². The number of aromatic nitrogens is 7. The van der Waals surface area contributed by atoms with E-state index in [0.717, 1.165) is 130 Å². The van der Waals surface area contributed by atoms with Crippen molar-refractivity contribution in [3.8, 4) is 168 Å². The lowest BCUT2D eigenvalue weighted by molar-refractivity contribution is 1.20. The Bertz CT molecular complexity index is 6520.